The van der Waals surface area contributed by atoms with Gasteiger partial charge >= 0.3 is 7.12 Å². The monoisotopic (exact) mass is 338 g/mol. The van der Waals surface area contributed by atoms with Crippen LogP contribution in [-0.4, -0.2) is 35.8 Å². The summed E-state index contributed by atoms with van der Waals surface area (Å²) in [6.07, 6.45) is 3.36. The van der Waals surface area contributed by atoms with Crippen molar-refractivity contribution in [2.45, 2.75) is 51.7 Å². The maximum absolute atomic E-state index is 12.0. The SMILES string of the molecule is CC1(C)OB(c2cnc3ccc(N4CCCC4=O)cc3c2)OC1(C)C. The summed E-state index contributed by atoms with van der Waals surface area (Å²) in [6, 6.07) is 8.01. The fraction of sp³-hybridized carbons (Fsp3) is 0.474. The number of anilines is 1. The summed E-state index contributed by atoms with van der Waals surface area (Å²) in [5.74, 6) is 0.189. The first-order valence-electron chi connectivity index (χ1n) is 8.83. The van der Waals surface area contributed by atoms with Gasteiger partial charge in [-0.2, -0.15) is 0 Å². The van der Waals surface area contributed by atoms with Crippen molar-refractivity contribution in [3.8, 4) is 0 Å². The second-order valence-electron chi connectivity index (χ2n) is 7.88. The van der Waals surface area contributed by atoms with E-state index in [-0.39, 0.29) is 17.1 Å². The van der Waals surface area contributed by atoms with Crippen molar-refractivity contribution in [2.75, 3.05) is 11.4 Å². The van der Waals surface area contributed by atoms with Gasteiger partial charge in [0.2, 0.25) is 5.91 Å². The number of amides is 1. The molecule has 2 saturated heterocycles. The van der Waals surface area contributed by atoms with Crippen LogP contribution in [0.1, 0.15) is 40.5 Å². The summed E-state index contributed by atoms with van der Waals surface area (Å²) >= 11 is 0. The molecule has 0 bridgehead atoms. The lowest BCUT2D eigenvalue weighted by Crippen LogP contribution is -2.41. The summed E-state index contributed by atoms with van der Waals surface area (Å²) < 4.78 is 12.2. The topological polar surface area (TPSA) is 51.7 Å². The van der Waals surface area contributed by atoms with Gasteiger partial charge in [-0.3, -0.25) is 9.78 Å². The molecule has 2 aliphatic heterocycles. The molecule has 0 aliphatic carbocycles. The predicted octanol–water partition coefficient (Wildman–Crippen LogP) is 2.66. The van der Waals surface area contributed by atoms with Gasteiger partial charge in [0.1, 0.15) is 0 Å². The molecule has 0 atom stereocenters. The molecule has 1 aromatic carbocycles. The van der Waals surface area contributed by atoms with E-state index in [4.69, 9.17) is 9.31 Å². The van der Waals surface area contributed by atoms with Crippen LogP contribution >= 0.6 is 0 Å². The van der Waals surface area contributed by atoms with Crippen LogP contribution < -0.4 is 10.4 Å². The van der Waals surface area contributed by atoms with E-state index in [1.54, 1.807) is 0 Å². The van der Waals surface area contributed by atoms with Gasteiger partial charge in [0.15, 0.2) is 0 Å². The smallest absolute Gasteiger partial charge is 0.399 e. The van der Waals surface area contributed by atoms with Crippen molar-refractivity contribution in [1.82, 2.24) is 4.98 Å². The van der Waals surface area contributed by atoms with Gasteiger partial charge in [0.25, 0.3) is 0 Å². The Kier molecular flexibility index (Phi) is 3.67. The van der Waals surface area contributed by atoms with Gasteiger partial charge < -0.3 is 14.2 Å². The maximum Gasteiger partial charge on any atom is 0.496 e. The Bertz CT molecular complexity index is 834. The molecule has 0 spiro atoms. The normalized spacial score (nSPS) is 22.2. The van der Waals surface area contributed by atoms with Gasteiger partial charge in [-0.1, -0.05) is 6.07 Å². The van der Waals surface area contributed by atoms with Crippen LogP contribution in [0.4, 0.5) is 5.69 Å². The molecule has 6 heteroatoms. The molecule has 0 saturated carbocycles. The Morgan fingerprint density at radius 3 is 2.48 bits per heavy atom. The second kappa shape index (κ2) is 5.54. The number of aromatic nitrogens is 1. The summed E-state index contributed by atoms with van der Waals surface area (Å²) in [4.78, 5) is 18.4. The van der Waals surface area contributed by atoms with E-state index >= 15 is 0 Å². The third-order valence-electron chi connectivity index (χ3n) is 5.60. The fourth-order valence-corrected chi connectivity index (χ4v) is 3.33. The van der Waals surface area contributed by atoms with Crippen molar-refractivity contribution in [1.29, 1.82) is 0 Å². The zero-order chi connectivity index (χ0) is 17.8. The Morgan fingerprint density at radius 1 is 1.12 bits per heavy atom. The molecule has 25 heavy (non-hydrogen) atoms. The van der Waals surface area contributed by atoms with Crippen LogP contribution in [0.5, 0.6) is 0 Å². The Balaban J connectivity index is 1.69. The minimum Gasteiger partial charge on any atom is -0.399 e. The number of hydrogen-bond donors (Lipinski definition) is 0. The van der Waals surface area contributed by atoms with E-state index in [2.05, 4.69) is 11.1 Å². The predicted molar refractivity (Wildman–Crippen MR) is 99.0 cm³/mol. The number of carbonyl (C=O) groups excluding carboxylic acids is 1. The lowest BCUT2D eigenvalue weighted by atomic mass is 9.80. The highest BCUT2D eigenvalue weighted by molar-refractivity contribution is 6.62. The van der Waals surface area contributed by atoms with Gasteiger partial charge in [0.05, 0.1) is 16.7 Å². The van der Waals surface area contributed by atoms with Gasteiger partial charge in [-0.15, -0.1) is 0 Å². The minimum atomic E-state index is -0.432. The number of hydrogen-bond acceptors (Lipinski definition) is 4. The molecule has 1 amide bonds. The highest BCUT2D eigenvalue weighted by Crippen LogP contribution is 2.36. The first-order valence-corrected chi connectivity index (χ1v) is 8.83. The first kappa shape index (κ1) is 16.5. The zero-order valence-corrected chi connectivity index (χ0v) is 15.2. The van der Waals surface area contributed by atoms with Crippen LogP contribution in [0.15, 0.2) is 30.5 Å². The van der Waals surface area contributed by atoms with Crippen molar-refractivity contribution in [3.63, 3.8) is 0 Å². The molecule has 2 aromatic rings. The number of benzene rings is 1. The highest BCUT2D eigenvalue weighted by atomic mass is 16.7. The van der Waals surface area contributed by atoms with Crippen LogP contribution in [-0.2, 0) is 14.1 Å². The summed E-state index contributed by atoms with van der Waals surface area (Å²) in [7, 11) is -0.432. The van der Waals surface area contributed by atoms with Gasteiger partial charge in [-0.05, 0) is 52.3 Å². The molecule has 0 unspecified atom stereocenters. The number of carbonyl (C=O) groups is 1. The quantitative estimate of drug-likeness (QED) is 0.790. The van der Waals surface area contributed by atoms with Crippen molar-refractivity contribution >= 4 is 35.1 Å². The number of nitrogens with zero attached hydrogens (tertiary/aromatic N) is 2. The Morgan fingerprint density at radius 2 is 1.84 bits per heavy atom. The first-order chi connectivity index (χ1) is 11.8. The molecular formula is C19H23BN2O3. The number of pyridine rings is 1. The molecular weight excluding hydrogens is 315 g/mol. The molecule has 130 valence electrons. The molecule has 2 fully saturated rings. The lowest BCUT2D eigenvalue weighted by Gasteiger charge is -2.32. The Labute approximate surface area is 148 Å². The second-order valence-corrected chi connectivity index (χ2v) is 7.88. The average Bonchev–Trinajstić information content (AvgIpc) is 3.07. The van der Waals surface area contributed by atoms with E-state index in [9.17, 15) is 4.79 Å². The minimum absolute atomic E-state index is 0.189. The summed E-state index contributed by atoms with van der Waals surface area (Å²) in [6.45, 7) is 8.95. The number of fused-ring (bicyclic) bond motifs is 1. The number of rotatable bonds is 2. The van der Waals surface area contributed by atoms with E-state index in [0.717, 1.165) is 35.0 Å². The third-order valence-corrected chi connectivity index (χ3v) is 5.60. The highest BCUT2D eigenvalue weighted by Gasteiger charge is 2.51. The molecule has 3 heterocycles. The fourth-order valence-electron chi connectivity index (χ4n) is 3.33. The molecule has 0 radical (unpaired) electrons. The van der Waals surface area contributed by atoms with Crippen LogP contribution in [0.3, 0.4) is 0 Å². The lowest BCUT2D eigenvalue weighted by molar-refractivity contribution is -0.117. The molecule has 4 rings (SSSR count). The van der Waals surface area contributed by atoms with Crippen molar-refractivity contribution in [3.05, 3.63) is 30.5 Å². The molecule has 2 aliphatic rings. The van der Waals surface area contributed by atoms with Gasteiger partial charge in [0, 0.05) is 35.7 Å². The van der Waals surface area contributed by atoms with Crippen LogP contribution in [0.25, 0.3) is 10.9 Å². The standard InChI is InChI=1S/C19H23BN2O3/c1-18(2)19(3,4)25-20(24-18)14-10-13-11-15(7-8-16(13)21-12-14)22-9-5-6-17(22)23/h7-8,10-12H,5-6,9H2,1-4H3. The van der Waals surface area contributed by atoms with Crippen LogP contribution in [0.2, 0.25) is 0 Å². The molecule has 0 N–H and O–H groups in total. The zero-order valence-electron chi connectivity index (χ0n) is 15.2. The van der Waals surface area contributed by atoms with E-state index in [1.165, 1.54) is 0 Å². The van der Waals surface area contributed by atoms with E-state index in [1.807, 2.05) is 57.0 Å². The summed E-state index contributed by atoms with van der Waals surface area (Å²) in [5.41, 5.74) is 1.97. The average molecular weight is 338 g/mol. The van der Waals surface area contributed by atoms with Crippen LogP contribution in [0, 0.1) is 0 Å². The van der Waals surface area contributed by atoms with Gasteiger partial charge in [-0.25, -0.2) is 0 Å². The largest absolute Gasteiger partial charge is 0.496 e. The van der Waals surface area contributed by atoms with Crippen molar-refractivity contribution in [2.24, 2.45) is 0 Å². The molecule has 1 aromatic heterocycles. The Hall–Kier alpha value is -1.92. The molecule has 5 nitrogen and oxygen atoms in total. The maximum atomic E-state index is 12.0. The third kappa shape index (κ3) is 2.73. The van der Waals surface area contributed by atoms with Crippen molar-refractivity contribution < 1.29 is 14.1 Å². The van der Waals surface area contributed by atoms with E-state index < -0.39 is 7.12 Å². The summed E-state index contributed by atoms with van der Waals surface area (Å²) in [5, 5.41) is 0.990. The van der Waals surface area contributed by atoms with E-state index in [0.29, 0.717) is 6.42 Å².